The molecule has 1 unspecified atom stereocenters. The highest BCUT2D eigenvalue weighted by molar-refractivity contribution is 9.10. The predicted octanol–water partition coefficient (Wildman–Crippen LogP) is 2.51. The quantitative estimate of drug-likeness (QED) is 0.818. The number of nitrogens with two attached hydrogens (primary N) is 1. The SMILES string of the molecule is CCN(CC(C)C#N)S(=O)(=O)c1cc(Br)cc(N)c1C. The molecule has 5 nitrogen and oxygen atoms in total. The number of benzene rings is 1. The molecule has 1 aromatic rings. The van der Waals surface area contributed by atoms with Gasteiger partial charge in [0.25, 0.3) is 0 Å². The monoisotopic (exact) mass is 359 g/mol. The molecular formula is C13H18BrN3O2S. The number of nitrogens with zero attached hydrogens (tertiary/aromatic N) is 2. The maximum absolute atomic E-state index is 12.7. The maximum Gasteiger partial charge on any atom is 0.243 e. The van der Waals surface area contributed by atoms with Gasteiger partial charge in [0.05, 0.1) is 16.9 Å². The summed E-state index contributed by atoms with van der Waals surface area (Å²) in [7, 11) is -3.66. The number of hydrogen-bond donors (Lipinski definition) is 1. The minimum atomic E-state index is -3.66. The van der Waals surface area contributed by atoms with Gasteiger partial charge in [-0.2, -0.15) is 9.57 Å². The van der Waals surface area contributed by atoms with Gasteiger partial charge in [-0.15, -0.1) is 0 Å². The van der Waals surface area contributed by atoms with Gasteiger partial charge in [-0.1, -0.05) is 22.9 Å². The number of sulfonamides is 1. The second kappa shape index (κ2) is 6.57. The van der Waals surface area contributed by atoms with E-state index in [1.807, 2.05) is 0 Å². The molecule has 1 rings (SSSR count). The normalized spacial score (nSPS) is 13.2. The van der Waals surface area contributed by atoms with Crippen LogP contribution in [0.15, 0.2) is 21.5 Å². The van der Waals surface area contributed by atoms with E-state index in [1.165, 1.54) is 4.31 Å². The molecule has 0 spiro atoms. The highest BCUT2D eigenvalue weighted by atomic mass is 79.9. The summed E-state index contributed by atoms with van der Waals surface area (Å²) in [5.41, 5.74) is 6.77. The molecule has 0 heterocycles. The molecule has 110 valence electrons. The van der Waals surface area contributed by atoms with Crippen LogP contribution in [-0.2, 0) is 10.0 Å². The lowest BCUT2D eigenvalue weighted by Gasteiger charge is -2.23. The molecule has 0 bridgehead atoms. The molecule has 0 aliphatic heterocycles. The van der Waals surface area contributed by atoms with E-state index >= 15 is 0 Å². The molecule has 0 saturated carbocycles. The zero-order valence-electron chi connectivity index (χ0n) is 11.7. The Hall–Kier alpha value is -1.10. The van der Waals surface area contributed by atoms with Crippen LogP contribution in [-0.4, -0.2) is 25.8 Å². The van der Waals surface area contributed by atoms with Crippen molar-refractivity contribution in [3.63, 3.8) is 0 Å². The first-order valence-corrected chi connectivity index (χ1v) is 8.42. The van der Waals surface area contributed by atoms with E-state index in [0.29, 0.717) is 22.3 Å². The highest BCUT2D eigenvalue weighted by Gasteiger charge is 2.27. The van der Waals surface area contributed by atoms with Crippen LogP contribution in [0.1, 0.15) is 19.4 Å². The molecule has 0 aliphatic rings. The first-order chi connectivity index (χ1) is 9.23. The van der Waals surface area contributed by atoms with Crippen LogP contribution in [0.5, 0.6) is 0 Å². The first-order valence-electron chi connectivity index (χ1n) is 6.19. The van der Waals surface area contributed by atoms with Gasteiger partial charge in [0.1, 0.15) is 0 Å². The lowest BCUT2D eigenvalue weighted by atomic mass is 10.2. The largest absolute Gasteiger partial charge is 0.398 e. The molecule has 0 radical (unpaired) electrons. The Morgan fingerprint density at radius 1 is 1.50 bits per heavy atom. The van der Waals surface area contributed by atoms with Crippen LogP contribution in [0.2, 0.25) is 0 Å². The lowest BCUT2D eigenvalue weighted by molar-refractivity contribution is 0.399. The Morgan fingerprint density at radius 3 is 2.60 bits per heavy atom. The van der Waals surface area contributed by atoms with Gasteiger partial charge in [0, 0.05) is 23.2 Å². The summed E-state index contributed by atoms with van der Waals surface area (Å²) in [6.07, 6.45) is 0. The molecule has 0 fully saturated rings. The molecule has 0 amide bonds. The number of nitrogen functional groups attached to an aromatic ring is 1. The standard InChI is InChI=1S/C13H18BrN3O2S/c1-4-17(8-9(2)7-15)20(18,19)13-6-11(14)5-12(16)10(13)3/h5-6,9H,4,8,16H2,1-3H3. The molecule has 2 N–H and O–H groups in total. The van der Waals surface area contributed by atoms with Crippen molar-refractivity contribution in [2.45, 2.75) is 25.7 Å². The van der Waals surface area contributed by atoms with E-state index in [4.69, 9.17) is 11.0 Å². The topological polar surface area (TPSA) is 87.2 Å². The number of anilines is 1. The van der Waals surface area contributed by atoms with Gasteiger partial charge in [0.15, 0.2) is 0 Å². The first kappa shape index (κ1) is 17.0. The Morgan fingerprint density at radius 2 is 2.10 bits per heavy atom. The van der Waals surface area contributed by atoms with E-state index in [0.717, 1.165) is 0 Å². The molecule has 20 heavy (non-hydrogen) atoms. The minimum absolute atomic E-state index is 0.168. The predicted molar refractivity (Wildman–Crippen MR) is 82.5 cm³/mol. The van der Waals surface area contributed by atoms with Gasteiger partial charge in [-0.3, -0.25) is 0 Å². The van der Waals surface area contributed by atoms with Gasteiger partial charge in [-0.05, 0) is 31.5 Å². The third-order valence-corrected chi connectivity index (χ3v) is 5.56. The summed E-state index contributed by atoms with van der Waals surface area (Å²) >= 11 is 3.26. The lowest BCUT2D eigenvalue weighted by Crippen LogP contribution is -2.34. The van der Waals surface area contributed by atoms with Crippen molar-refractivity contribution < 1.29 is 8.42 Å². The van der Waals surface area contributed by atoms with Crippen molar-refractivity contribution in [1.29, 1.82) is 5.26 Å². The van der Waals surface area contributed by atoms with Crippen molar-refractivity contribution in [2.24, 2.45) is 5.92 Å². The van der Waals surface area contributed by atoms with Gasteiger partial charge in [-0.25, -0.2) is 8.42 Å². The summed E-state index contributed by atoms with van der Waals surface area (Å²) in [6, 6.07) is 5.26. The fourth-order valence-corrected chi connectivity index (χ4v) is 4.27. The Balaban J connectivity index is 3.32. The number of rotatable bonds is 5. The summed E-state index contributed by atoms with van der Waals surface area (Å²) in [5, 5.41) is 8.86. The number of hydrogen-bond acceptors (Lipinski definition) is 4. The van der Waals surface area contributed by atoms with E-state index in [2.05, 4.69) is 22.0 Å². The van der Waals surface area contributed by atoms with E-state index in [9.17, 15) is 8.42 Å². The van der Waals surface area contributed by atoms with E-state index < -0.39 is 10.0 Å². The third kappa shape index (κ3) is 3.51. The maximum atomic E-state index is 12.7. The highest BCUT2D eigenvalue weighted by Crippen LogP contribution is 2.28. The smallest absolute Gasteiger partial charge is 0.243 e. The Labute approximate surface area is 128 Å². The second-order valence-electron chi connectivity index (χ2n) is 4.60. The zero-order chi connectivity index (χ0) is 15.5. The molecule has 7 heteroatoms. The fourth-order valence-electron chi connectivity index (χ4n) is 1.82. The van der Waals surface area contributed by atoms with Crippen molar-refractivity contribution in [1.82, 2.24) is 4.31 Å². The van der Waals surface area contributed by atoms with Crippen molar-refractivity contribution in [2.75, 3.05) is 18.8 Å². The van der Waals surface area contributed by atoms with Crippen LogP contribution < -0.4 is 5.73 Å². The van der Waals surface area contributed by atoms with Gasteiger partial charge >= 0.3 is 0 Å². The number of nitriles is 1. The summed E-state index contributed by atoms with van der Waals surface area (Å²) < 4.78 is 27.3. The van der Waals surface area contributed by atoms with Crippen LogP contribution in [0, 0.1) is 24.2 Å². The summed E-state index contributed by atoms with van der Waals surface area (Å²) in [6.45, 7) is 5.59. The molecule has 0 aromatic heterocycles. The van der Waals surface area contributed by atoms with Crippen molar-refractivity contribution in [3.05, 3.63) is 22.2 Å². The van der Waals surface area contributed by atoms with E-state index in [-0.39, 0.29) is 17.4 Å². The molecule has 0 aliphatic carbocycles. The summed E-state index contributed by atoms with van der Waals surface area (Å²) in [4.78, 5) is 0.177. The molecule has 1 atom stereocenters. The number of halogens is 1. The van der Waals surface area contributed by atoms with Crippen LogP contribution in [0.3, 0.4) is 0 Å². The molecule has 0 saturated heterocycles. The van der Waals surface area contributed by atoms with Gasteiger partial charge < -0.3 is 5.73 Å². The van der Waals surface area contributed by atoms with Crippen molar-refractivity contribution in [3.8, 4) is 6.07 Å². The van der Waals surface area contributed by atoms with Crippen LogP contribution in [0.25, 0.3) is 0 Å². The zero-order valence-corrected chi connectivity index (χ0v) is 14.1. The van der Waals surface area contributed by atoms with Crippen LogP contribution in [0.4, 0.5) is 5.69 Å². The second-order valence-corrected chi connectivity index (χ2v) is 7.43. The summed E-state index contributed by atoms with van der Waals surface area (Å²) in [5.74, 6) is -0.366. The van der Waals surface area contributed by atoms with Crippen LogP contribution >= 0.6 is 15.9 Å². The van der Waals surface area contributed by atoms with Crippen molar-refractivity contribution >= 4 is 31.6 Å². The van der Waals surface area contributed by atoms with Gasteiger partial charge in [0.2, 0.25) is 10.0 Å². The molecular weight excluding hydrogens is 342 g/mol. The van der Waals surface area contributed by atoms with E-state index in [1.54, 1.807) is 32.9 Å². The average molecular weight is 360 g/mol. The Kier molecular flexibility index (Phi) is 5.57. The minimum Gasteiger partial charge on any atom is -0.398 e. The fraction of sp³-hybridized carbons (Fsp3) is 0.462. The molecule has 1 aromatic carbocycles. The average Bonchev–Trinajstić information content (AvgIpc) is 2.39. The Bertz CT molecular complexity index is 638. The third-order valence-electron chi connectivity index (χ3n) is 3.03.